The molecule has 0 heterocycles. The molecule has 1 heteroatoms. The number of hydrogen-bond acceptors (Lipinski definition) is 1. The highest BCUT2D eigenvalue weighted by Crippen LogP contribution is 2.06. The molecule has 1 rings (SSSR count). The molecule has 0 aliphatic carbocycles. The number of aryl methyl sites for hydroxylation is 1. The standard InChI is InChI=1S/C14H22O/c1-13(2)15-12-8-4-7-11-14-9-5-3-6-10-14/h3,5-6,9-10,13H,4,7-8,11-12H2,1-2H3. The normalized spacial score (nSPS) is 10.9. The maximum atomic E-state index is 5.49. The third-order valence-corrected chi connectivity index (χ3v) is 2.40. The topological polar surface area (TPSA) is 9.23 Å². The first-order chi connectivity index (χ1) is 7.29. The molecule has 15 heavy (non-hydrogen) atoms. The van der Waals surface area contributed by atoms with Crippen LogP contribution in [-0.4, -0.2) is 12.7 Å². The van der Waals surface area contributed by atoms with E-state index in [0.717, 1.165) is 6.61 Å². The molecular formula is C14H22O. The molecule has 0 unspecified atom stereocenters. The smallest absolute Gasteiger partial charge is 0.0518 e. The minimum atomic E-state index is 0.374. The van der Waals surface area contributed by atoms with Gasteiger partial charge in [0.15, 0.2) is 0 Å². The molecule has 0 radical (unpaired) electrons. The molecule has 0 spiro atoms. The molecule has 0 saturated carbocycles. The Morgan fingerprint density at radius 1 is 1.00 bits per heavy atom. The monoisotopic (exact) mass is 206 g/mol. The minimum Gasteiger partial charge on any atom is -0.379 e. The first-order valence-corrected chi connectivity index (χ1v) is 5.94. The van der Waals surface area contributed by atoms with Gasteiger partial charge in [0.25, 0.3) is 0 Å². The van der Waals surface area contributed by atoms with Gasteiger partial charge in [-0.2, -0.15) is 0 Å². The molecule has 0 aliphatic rings. The molecule has 0 aromatic heterocycles. The molecule has 0 amide bonds. The van der Waals surface area contributed by atoms with E-state index in [0.29, 0.717) is 6.10 Å². The maximum absolute atomic E-state index is 5.49. The zero-order valence-electron chi connectivity index (χ0n) is 9.91. The molecule has 0 saturated heterocycles. The quantitative estimate of drug-likeness (QED) is 0.616. The SMILES string of the molecule is CC(C)OCCCCCc1ccccc1. The number of hydrogen-bond donors (Lipinski definition) is 0. The molecule has 1 aromatic rings. The van der Waals surface area contributed by atoms with E-state index >= 15 is 0 Å². The van der Waals surface area contributed by atoms with Crippen LogP contribution in [0, 0.1) is 0 Å². The molecule has 0 atom stereocenters. The van der Waals surface area contributed by atoms with Gasteiger partial charge in [-0.1, -0.05) is 36.8 Å². The predicted molar refractivity (Wildman–Crippen MR) is 65.1 cm³/mol. The fourth-order valence-corrected chi connectivity index (χ4v) is 1.57. The van der Waals surface area contributed by atoms with Gasteiger partial charge in [0, 0.05) is 6.61 Å². The van der Waals surface area contributed by atoms with Crippen molar-refractivity contribution in [1.82, 2.24) is 0 Å². The van der Waals surface area contributed by atoms with Gasteiger partial charge in [-0.15, -0.1) is 0 Å². The lowest BCUT2D eigenvalue weighted by Crippen LogP contribution is -2.03. The predicted octanol–water partition coefficient (Wildman–Crippen LogP) is 3.82. The largest absolute Gasteiger partial charge is 0.379 e. The summed E-state index contributed by atoms with van der Waals surface area (Å²) in [4.78, 5) is 0. The van der Waals surface area contributed by atoms with Crippen molar-refractivity contribution in [2.75, 3.05) is 6.61 Å². The molecule has 0 N–H and O–H groups in total. The zero-order valence-corrected chi connectivity index (χ0v) is 9.91. The average Bonchev–Trinajstić information content (AvgIpc) is 2.24. The van der Waals surface area contributed by atoms with Gasteiger partial charge in [-0.05, 0) is 38.7 Å². The second-order valence-corrected chi connectivity index (χ2v) is 4.22. The van der Waals surface area contributed by atoms with E-state index in [-0.39, 0.29) is 0 Å². The van der Waals surface area contributed by atoms with Crippen molar-refractivity contribution in [3.8, 4) is 0 Å². The Morgan fingerprint density at radius 2 is 1.73 bits per heavy atom. The van der Waals surface area contributed by atoms with E-state index < -0.39 is 0 Å². The van der Waals surface area contributed by atoms with Crippen LogP contribution in [0.15, 0.2) is 30.3 Å². The number of benzene rings is 1. The van der Waals surface area contributed by atoms with E-state index in [1.165, 1.54) is 31.2 Å². The zero-order chi connectivity index (χ0) is 10.9. The molecule has 1 nitrogen and oxygen atoms in total. The van der Waals surface area contributed by atoms with Crippen molar-refractivity contribution in [2.24, 2.45) is 0 Å². The summed E-state index contributed by atoms with van der Waals surface area (Å²) in [6.45, 7) is 5.08. The van der Waals surface area contributed by atoms with Crippen LogP contribution in [0.4, 0.5) is 0 Å². The number of ether oxygens (including phenoxy) is 1. The van der Waals surface area contributed by atoms with Crippen molar-refractivity contribution in [3.05, 3.63) is 35.9 Å². The van der Waals surface area contributed by atoms with Gasteiger partial charge in [0.1, 0.15) is 0 Å². The summed E-state index contributed by atoms with van der Waals surface area (Å²) in [6.07, 6.45) is 5.29. The fraction of sp³-hybridized carbons (Fsp3) is 0.571. The lowest BCUT2D eigenvalue weighted by atomic mass is 10.1. The van der Waals surface area contributed by atoms with Gasteiger partial charge >= 0.3 is 0 Å². The summed E-state index contributed by atoms with van der Waals surface area (Å²) in [7, 11) is 0. The first-order valence-electron chi connectivity index (χ1n) is 5.94. The Balaban J connectivity index is 1.98. The lowest BCUT2D eigenvalue weighted by Gasteiger charge is -2.06. The Bertz CT molecular complexity index is 241. The summed E-state index contributed by atoms with van der Waals surface area (Å²) in [5, 5.41) is 0. The third-order valence-electron chi connectivity index (χ3n) is 2.40. The van der Waals surface area contributed by atoms with Gasteiger partial charge in [0.05, 0.1) is 6.10 Å². The molecular weight excluding hydrogens is 184 g/mol. The summed E-state index contributed by atoms with van der Waals surface area (Å²) >= 11 is 0. The second-order valence-electron chi connectivity index (χ2n) is 4.22. The van der Waals surface area contributed by atoms with Crippen molar-refractivity contribution in [3.63, 3.8) is 0 Å². The Kier molecular flexibility index (Phi) is 6.10. The first kappa shape index (κ1) is 12.3. The van der Waals surface area contributed by atoms with E-state index in [2.05, 4.69) is 44.2 Å². The molecule has 0 bridgehead atoms. The van der Waals surface area contributed by atoms with E-state index in [1.807, 2.05) is 0 Å². The summed E-state index contributed by atoms with van der Waals surface area (Å²) in [6, 6.07) is 10.7. The summed E-state index contributed by atoms with van der Waals surface area (Å²) in [5.74, 6) is 0. The van der Waals surface area contributed by atoms with Crippen molar-refractivity contribution < 1.29 is 4.74 Å². The van der Waals surface area contributed by atoms with Crippen LogP contribution in [-0.2, 0) is 11.2 Å². The van der Waals surface area contributed by atoms with Gasteiger partial charge in [0.2, 0.25) is 0 Å². The van der Waals surface area contributed by atoms with Crippen LogP contribution in [0.2, 0.25) is 0 Å². The van der Waals surface area contributed by atoms with Crippen molar-refractivity contribution >= 4 is 0 Å². The average molecular weight is 206 g/mol. The highest BCUT2D eigenvalue weighted by molar-refractivity contribution is 5.14. The molecule has 84 valence electrons. The molecule has 1 aromatic carbocycles. The van der Waals surface area contributed by atoms with Crippen molar-refractivity contribution in [2.45, 2.75) is 45.6 Å². The highest BCUT2D eigenvalue weighted by atomic mass is 16.5. The lowest BCUT2D eigenvalue weighted by molar-refractivity contribution is 0.0758. The van der Waals surface area contributed by atoms with Crippen LogP contribution < -0.4 is 0 Å². The van der Waals surface area contributed by atoms with Crippen LogP contribution in [0.3, 0.4) is 0 Å². The Hall–Kier alpha value is -0.820. The fourth-order valence-electron chi connectivity index (χ4n) is 1.57. The van der Waals surface area contributed by atoms with Gasteiger partial charge in [-0.3, -0.25) is 0 Å². The van der Waals surface area contributed by atoms with Crippen LogP contribution in [0.1, 0.15) is 38.7 Å². The molecule has 0 fully saturated rings. The van der Waals surface area contributed by atoms with Crippen LogP contribution >= 0.6 is 0 Å². The van der Waals surface area contributed by atoms with Gasteiger partial charge in [-0.25, -0.2) is 0 Å². The van der Waals surface area contributed by atoms with Gasteiger partial charge < -0.3 is 4.74 Å². The molecule has 0 aliphatic heterocycles. The van der Waals surface area contributed by atoms with Crippen LogP contribution in [0.25, 0.3) is 0 Å². The summed E-state index contributed by atoms with van der Waals surface area (Å²) in [5.41, 5.74) is 1.45. The second kappa shape index (κ2) is 7.47. The Morgan fingerprint density at radius 3 is 2.40 bits per heavy atom. The van der Waals surface area contributed by atoms with E-state index in [9.17, 15) is 0 Å². The van der Waals surface area contributed by atoms with E-state index in [4.69, 9.17) is 4.74 Å². The maximum Gasteiger partial charge on any atom is 0.0518 e. The third kappa shape index (κ3) is 6.29. The highest BCUT2D eigenvalue weighted by Gasteiger charge is 1.94. The van der Waals surface area contributed by atoms with Crippen molar-refractivity contribution in [1.29, 1.82) is 0 Å². The number of unbranched alkanes of at least 4 members (excludes halogenated alkanes) is 2. The van der Waals surface area contributed by atoms with E-state index in [1.54, 1.807) is 0 Å². The number of rotatable bonds is 7. The van der Waals surface area contributed by atoms with Crippen LogP contribution in [0.5, 0.6) is 0 Å². The minimum absolute atomic E-state index is 0.374. The Labute approximate surface area is 93.5 Å². The summed E-state index contributed by atoms with van der Waals surface area (Å²) < 4.78 is 5.49.